The van der Waals surface area contributed by atoms with Crippen LogP contribution in [0.5, 0.6) is 0 Å². The van der Waals surface area contributed by atoms with Crippen molar-refractivity contribution >= 4 is 28.8 Å². The molecule has 0 aliphatic carbocycles. The van der Waals surface area contributed by atoms with Crippen molar-refractivity contribution in [3.05, 3.63) is 0 Å². The zero-order valence-electron chi connectivity index (χ0n) is 7.47. The molecule has 0 radical (unpaired) electrons. The summed E-state index contributed by atoms with van der Waals surface area (Å²) in [6.07, 6.45) is 2.49. The lowest BCUT2D eigenvalue weighted by molar-refractivity contribution is -0.193. The molecule has 1 saturated heterocycles. The number of hydrogen-bond donors (Lipinski definition) is 0. The summed E-state index contributed by atoms with van der Waals surface area (Å²) >= 11 is 2.24. The predicted octanol–water partition coefficient (Wildman–Crippen LogP) is 1.75. The molecule has 1 fully saturated rings. The maximum absolute atomic E-state index is 10.7. The zero-order chi connectivity index (χ0) is 9.19. The first-order valence-corrected chi connectivity index (χ1v) is 5.13. The van der Waals surface area contributed by atoms with Crippen LogP contribution in [0.25, 0.3) is 0 Å². The van der Waals surface area contributed by atoms with Crippen molar-refractivity contribution < 1.29 is 9.53 Å². The molecule has 4 heteroatoms. The molecular weight excluding hydrogens is 269 g/mol. The minimum atomic E-state index is -0.128. The minimum absolute atomic E-state index is 0.0482. The van der Waals surface area contributed by atoms with Gasteiger partial charge in [-0.05, 0) is 13.5 Å². The molecule has 0 aromatic carbocycles. The fourth-order valence-electron chi connectivity index (χ4n) is 1.37. The van der Waals surface area contributed by atoms with E-state index >= 15 is 0 Å². The first kappa shape index (κ1) is 10.2. The first-order chi connectivity index (χ1) is 5.58. The number of hydrogen-bond acceptors (Lipinski definition) is 3. The Morgan fingerprint density at radius 2 is 2.33 bits per heavy atom. The summed E-state index contributed by atoms with van der Waals surface area (Å²) in [7, 11) is 2.02. The molecule has 0 saturated carbocycles. The first-order valence-electron chi connectivity index (χ1n) is 4.17. The Morgan fingerprint density at radius 3 is 2.67 bits per heavy atom. The van der Waals surface area contributed by atoms with Crippen LogP contribution < -0.4 is 0 Å². The Labute approximate surface area is 86.9 Å². The molecule has 12 heavy (non-hydrogen) atoms. The van der Waals surface area contributed by atoms with Crippen molar-refractivity contribution in [3.8, 4) is 0 Å². The summed E-state index contributed by atoms with van der Waals surface area (Å²) in [5.74, 6) is -0.0482. The van der Waals surface area contributed by atoms with Crippen LogP contribution in [0.1, 0.15) is 26.2 Å². The number of esters is 1. The standard InChI is InChI=1S/C8H14INO2/c1-3-8(4-5-10(2)9)6-7(11)12-8/h3-6H2,1-2H3. The molecule has 0 amide bonds. The largest absolute Gasteiger partial charge is 0.458 e. The molecule has 70 valence electrons. The number of nitrogens with zero attached hydrogens (tertiary/aromatic N) is 1. The average Bonchev–Trinajstić information content (AvgIpc) is 1.95. The molecular formula is C8H14INO2. The fourth-order valence-corrected chi connectivity index (χ4v) is 1.61. The highest BCUT2D eigenvalue weighted by Gasteiger charge is 2.43. The zero-order valence-corrected chi connectivity index (χ0v) is 9.63. The third-order valence-electron chi connectivity index (χ3n) is 2.32. The van der Waals surface area contributed by atoms with Gasteiger partial charge in [0.25, 0.3) is 0 Å². The van der Waals surface area contributed by atoms with Crippen molar-refractivity contribution in [3.63, 3.8) is 0 Å². The average molecular weight is 283 g/mol. The van der Waals surface area contributed by atoms with Crippen molar-refractivity contribution in [1.82, 2.24) is 3.11 Å². The van der Waals surface area contributed by atoms with Crippen LogP contribution in [0.2, 0.25) is 0 Å². The highest BCUT2D eigenvalue weighted by atomic mass is 127. The molecule has 0 spiro atoms. The molecule has 1 aliphatic heterocycles. The van der Waals surface area contributed by atoms with E-state index < -0.39 is 0 Å². The Balaban J connectivity index is 2.32. The Kier molecular flexibility index (Phi) is 3.34. The van der Waals surface area contributed by atoms with Gasteiger partial charge in [-0.15, -0.1) is 0 Å². The third-order valence-corrected chi connectivity index (χ3v) is 2.80. The van der Waals surface area contributed by atoms with Gasteiger partial charge in [0.1, 0.15) is 5.60 Å². The van der Waals surface area contributed by atoms with Crippen molar-refractivity contribution in [2.24, 2.45) is 0 Å². The number of cyclic esters (lactones) is 1. The van der Waals surface area contributed by atoms with Crippen molar-refractivity contribution in [2.75, 3.05) is 13.6 Å². The quantitative estimate of drug-likeness (QED) is 0.447. The Bertz CT molecular complexity index is 174. The van der Waals surface area contributed by atoms with Crippen LogP contribution in [0, 0.1) is 0 Å². The van der Waals surface area contributed by atoms with Gasteiger partial charge in [0, 0.05) is 35.8 Å². The molecule has 1 unspecified atom stereocenters. The highest BCUT2D eigenvalue weighted by molar-refractivity contribution is 14.1. The third kappa shape index (κ3) is 2.32. The number of halogens is 1. The Morgan fingerprint density at radius 1 is 1.75 bits per heavy atom. The van der Waals surface area contributed by atoms with Crippen LogP contribution >= 0.6 is 22.9 Å². The molecule has 1 atom stereocenters. The fraction of sp³-hybridized carbons (Fsp3) is 0.875. The van der Waals surface area contributed by atoms with E-state index in [4.69, 9.17) is 4.74 Å². The molecule has 0 aromatic rings. The number of carbonyl (C=O) groups excluding carboxylic acids is 1. The summed E-state index contributed by atoms with van der Waals surface area (Å²) in [5, 5.41) is 0. The highest BCUT2D eigenvalue weighted by Crippen LogP contribution is 2.34. The Hall–Kier alpha value is 0.160. The molecule has 1 rings (SSSR count). The van der Waals surface area contributed by atoms with Gasteiger partial charge >= 0.3 is 5.97 Å². The normalized spacial score (nSPS) is 28.5. The monoisotopic (exact) mass is 283 g/mol. The van der Waals surface area contributed by atoms with Crippen molar-refractivity contribution in [1.29, 1.82) is 0 Å². The van der Waals surface area contributed by atoms with E-state index in [1.54, 1.807) is 0 Å². The number of rotatable bonds is 4. The van der Waals surface area contributed by atoms with E-state index in [0.717, 1.165) is 19.4 Å². The second-order valence-corrected chi connectivity index (χ2v) is 4.91. The summed E-state index contributed by atoms with van der Waals surface area (Å²) < 4.78 is 7.24. The van der Waals surface area contributed by atoms with E-state index in [-0.39, 0.29) is 11.6 Å². The van der Waals surface area contributed by atoms with E-state index in [1.165, 1.54) is 0 Å². The smallest absolute Gasteiger partial charge is 0.310 e. The van der Waals surface area contributed by atoms with Crippen molar-refractivity contribution in [2.45, 2.75) is 31.8 Å². The summed E-state index contributed by atoms with van der Waals surface area (Å²) in [4.78, 5) is 10.7. The van der Waals surface area contributed by atoms with Crippen LogP contribution in [0.15, 0.2) is 0 Å². The lowest BCUT2D eigenvalue weighted by Crippen LogP contribution is -2.48. The SMILES string of the molecule is CCC1(CCN(C)I)CC(=O)O1. The van der Waals surface area contributed by atoms with Gasteiger partial charge < -0.3 is 4.74 Å². The van der Waals surface area contributed by atoms with E-state index in [0.29, 0.717) is 6.42 Å². The summed E-state index contributed by atoms with van der Waals surface area (Å²) in [6, 6.07) is 0. The lowest BCUT2D eigenvalue weighted by atomic mass is 9.88. The van der Waals surface area contributed by atoms with E-state index in [9.17, 15) is 4.79 Å². The van der Waals surface area contributed by atoms with Gasteiger partial charge in [-0.2, -0.15) is 0 Å². The maximum Gasteiger partial charge on any atom is 0.310 e. The minimum Gasteiger partial charge on any atom is -0.458 e. The topological polar surface area (TPSA) is 29.5 Å². The molecule has 3 nitrogen and oxygen atoms in total. The summed E-state index contributed by atoms with van der Waals surface area (Å²) in [6.45, 7) is 3.04. The molecule has 0 aromatic heterocycles. The maximum atomic E-state index is 10.7. The van der Waals surface area contributed by atoms with Gasteiger partial charge in [0.05, 0.1) is 6.42 Å². The molecule has 0 N–H and O–H groups in total. The second kappa shape index (κ2) is 3.91. The van der Waals surface area contributed by atoms with Crippen LogP contribution in [-0.4, -0.2) is 28.3 Å². The predicted molar refractivity (Wildman–Crippen MR) is 55.0 cm³/mol. The summed E-state index contributed by atoms with van der Waals surface area (Å²) in [5.41, 5.74) is -0.128. The van der Waals surface area contributed by atoms with Gasteiger partial charge in [-0.1, -0.05) is 6.92 Å². The van der Waals surface area contributed by atoms with Gasteiger partial charge in [-0.3, -0.25) is 7.91 Å². The van der Waals surface area contributed by atoms with Gasteiger partial charge in [0.2, 0.25) is 0 Å². The van der Waals surface area contributed by atoms with Crippen LogP contribution in [0.4, 0.5) is 0 Å². The van der Waals surface area contributed by atoms with Gasteiger partial charge in [-0.25, -0.2) is 0 Å². The van der Waals surface area contributed by atoms with E-state index in [1.807, 2.05) is 7.05 Å². The number of carbonyl (C=O) groups is 1. The van der Waals surface area contributed by atoms with Crippen LogP contribution in [0.3, 0.4) is 0 Å². The van der Waals surface area contributed by atoms with Gasteiger partial charge in [0.15, 0.2) is 0 Å². The second-order valence-electron chi connectivity index (χ2n) is 3.27. The molecule has 1 aliphatic rings. The molecule has 0 bridgehead atoms. The lowest BCUT2D eigenvalue weighted by Gasteiger charge is -2.40. The van der Waals surface area contributed by atoms with Crippen LogP contribution in [-0.2, 0) is 9.53 Å². The molecule has 1 heterocycles. The van der Waals surface area contributed by atoms with E-state index in [2.05, 4.69) is 32.9 Å². The number of ether oxygens (including phenoxy) is 1.